The Morgan fingerprint density at radius 3 is 2.47 bits per heavy atom. The Labute approximate surface area is 201 Å². The molecule has 11 heteroatoms. The SMILES string of the molecule is O=[N+]([O-])c1c(CS(=O)(=O)c2ccccc2)nc2c(SCc3ccc(Br)cc3)cc(Cl)cn12. The average molecular weight is 553 g/mol. The molecule has 0 aliphatic carbocycles. The number of sulfone groups is 1. The van der Waals surface area contributed by atoms with Crippen LogP contribution >= 0.6 is 39.3 Å². The summed E-state index contributed by atoms with van der Waals surface area (Å²) in [6.45, 7) is 0. The van der Waals surface area contributed by atoms with Gasteiger partial charge in [-0.15, -0.1) is 11.8 Å². The van der Waals surface area contributed by atoms with Crippen LogP contribution in [0.1, 0.15) is 11.3 Å². The molecule has 0 aliphatic rings. The second-order valence-electron chi connectivity index (χ2n) is 6.84. The fourth-order valence-corrected chi connectivity index (χ4v) is 5.97. The third-order valence-electron chi connectivity index (χ3n) is 4.61. The quantitative estimate of drug-likeness (QED) is 0.160. The van der Waals surface area contributed by atoms with E-state index >= 15 is 0 Å². The van der Waals surface area contributed by atoms with Crippen molar-refractivity contribution in [3.8, 4) is 0 Å². The molecule has 4 aromatic rings. The van der Waals surface area contributed by atoms with Crippen molar-refractivity contribution in [2.75, 3.05) is 0 Å². The number of hydrogen-bond donors (Lipinski definition) is 0. The van der Waals surface area contributed by atoms with E-state index in [1.165, 1.54) is 34.5 Å². The lowest BCUT2D eigenvalue weighted by molar-refractivity contribution is -0.391. The Morgan fingerprint density at radius 1 is 1.12 bits per heavy atom. The summed E-state index contributed by atoms with van der Waals surface area (Å²) in [5.74, 6) is -0.419. The number of benzene rings is 2. The molecule has 2 aromatic heterocycles. The van der Waals surface area contributed by atoms with Gasteiger partial charge in [0.2, 0.25) is 5.65 Å². The number of rotatable bonds is 7. The van der Waals surface area contributed by atoms with Gasteiger partial charge in [-0.2, -0.15) is 4.40 Å². The van der Waals surface area contributed by atoms with Gasteiger partial charge in [0.05, 0.1) is 14.8 Å². The van der Waals surface area contributed by atoms with E-state index in [0.717, 1.165) is 10.0 Å². The van der Waals surface area contributed by atoms with Gasteiger partial charge in [0.1, 0.15) is 11.9 Å². The number of hydrogen-bond acceptors (Lipinski definition) is 6. The maximum atomic E-state index is 12.8. The molecule has 164 valence electrons. The normalized spacial score (nSPS) is 11.7. The van der Waals surface area contributed by atoms with Crippen LogP contribution in [0, 0.1) is 10.1 Å². The molecular weight excluding hydrogens is 538 g/mol. The zero-order valence-corrected chi connectivity index (χ0v) is 20.3. The van der Waals surface area contributed by atoms with E-state index in [1.807, 2.05) is 24.3 Å². The van der Waals surface area contributed by atoms with Crippen LogP contribution in [0.3, 0.4) is 0 Å². The van der Waals surface area contributed by atoms with Crippen LogP contribution in [0.2, 0.25) is 5.02 Å². The molecule has 4 rings (SSSR count). The molecular formula is C21H15BrClN3O4S2. The van der Waals surface area contributed by atoms with Crippen molar-refractivity contribution in [3.05, 3.63) is 97.7 Å². The second kappa shape index (κ2) is 9.22. The van der Waals surface area contributed by atoms with Crippen molar-refractivity contribution in [3.63, 3.8) is 0 Å². The fourth-order valence-electron chi connectivity index (χ4n) is 3.15. The lowest BCUT2D eigenvalue weighted by Crippen LogP contribution is -2.07. The molecule has 0 amide bonds. The highest BCUT2D eigenvalue weighted by Crippen LogP contribution is 2.34. The molecule has 0 bridgehead atoms. The van der Waals surface area contributed by atoms with Gasteiger partial charge >= 0.3 is 5.82 Å². The highest BCUT2D eigenvalue weighted by Gasteiger charge is 2.29. The van der Waals surface area contributed by atoms with E-state index in [-0.39, 0.29) is 15.6 Å². The predicted molar refractivity (Wildman–Crippen MR) is 128 cm³/mol. The first-order valence-corrected chi connectivity index (χ1v) is 13.1. The molecule has 0 spiro atoms. The summed E-state index contributed by atoms with van der Waals surface area (Å²) in [6, 6.07) is 17.3. The third-order valence-corrected chi connectivity index (χ3v) is 8.08. The van der Waals surface area contributed by atoms with Gasteiger partial charge in [0, 0.05) is 10.2 Å². The molecule has 0 saturated heterocycles. The van der Waals surface area contributed by atoms with E-state index in [9.17, 15) is 18.5 Å². The smallest absolute Gasteiger partial charge is 0.352 e. The minimum atomic E-state index is -3.82. The van der Waals surface area contributed by atoms with Gasteiger partial charge in [0.15, 0.2) is 15.5 Å². The van der Waals surface area contributed by atoms with Crippen LogP contribution in [0.4, 0.5) is 5.82 Å². The summed E-state index contributed by atoms with van der Waals surface area (Å²) in [7, 11) is -3.82. The molecule has 0 fully saturated rings. The Bertz CT molecular complexity index is 1410. The highest BCUT2D eigenvalue weighted by molar-refractivity contribution is 9.10. The summed E-state index contributed by atoms with van der Waals surface area (Å²) in [5, 5.41) is 12.1. The summed E-state index contributed by atoms with van der Waals surface area (Å²) < 4.78 is 27.9. The Hall–Kier alpha value is -2.40. The van der Waals surface area contributed by atoms with E-state index in [2.05, 4.69) is 20.9 Å². The number of nitrogens with zero attached hydrogens (tertiary/aromatic N) is 3. The molecule has 0 saturated carbocycles. The fraction of sp³-hybridized carbons (Fsp3) is 0.0952. The summed E-state index contributed by atoms with van der Waals surface area (Å²) in [6.07, 6.45) is 1.38. The monoisotopic (exact) mass is 551 g/mol. The highest BCUT2D eigenvalue weighted by atomic mass is 79.9. The van der Waals surface area contributed by atoms with Crippen LogP contribution in [0.25, 0.3) is 5.65 Å². The first-order chi connectivity index (χ1) is 15.2. The molecule has 32 heavy (non-hydrogen) atoms. The average Bonchev–Trinajstić information content (AvgIpc) is 3.11. The predicted octanol–water partition coefficient (Wildman–Crippen LogP) is 5.92. The first-order valence-electron chi connectivity index (χ1n) is 9.24. The van der Waals surface area contributed by atoms with Gasteiger partial charge in [-0.3, -0.25) is 0 Å². The number of nitro groups is 1. The standard InChI is InChI=1S/C21H15BrClN3O4S2/c22-15-8-6-14(7-9-15)12-31-19-10-16(23)11-25-20(19)24-18(21(25)26(27)28)13-32(29,30)17-4-2-1-3-5-17/h1-11H,12-13H2. The number of fused-ring (bicyclic) bond motifs is 1. The first kappa shape index (κ1) is 22.8. The minimum Gasteiger partial charge on any atom is -0.358 e. The zero-order chi connectivity index (χ0) is 22.9. The molecule has 0 radical (unpaired) electrons. The lowest BCUT2D eigenvalue weighted by Gasteiger charge is -2.04. The number of thioether (sulfide) groups is 1. The summed E-state index contributed by atoms with van der Waals surface area (Å²) in [5.41, 5.74) is 1.21. The number of halogens is 2. The molecule has 7 nitrogen and oxygen atoms in total. The van der Waals surface area contributed by atoms with Crippen LogP contribution in [0.5, 0.6) is 0 Å². The Balaban J connectivity index is 1.76. The van der Waals surface area contributed by atoms with Gasteiger partial charge in [-0.25, -0.2) is 13.4 Å². The van der Waals surface area contributed by atoms with E-state index in [1.54, 1.807) is 24.3 Å². The van der Waals surface area contributed by atoms with Crippen molar-refractivity contribution in [1.82, 2.24) is 9.38 Å². The summed E-state index contributed by atoms with van der Waals surface area (Å²) in [4.78, 5) is 16.3. The van der Waals surface area contributed by atoms with Crippen LogP contribution in [-0.4, -0.2) is 22.7 Å². The number of aromatic nitrogens is 2. The van der Waals surface area contributed by atoms with Crippen LogP contribution in [-0.2, 0) is 21.3 Å². The van der Waals surface area contributed by atoms with E-state index < -0.39 is 26.3 Å². The topological polar surface area (TPSA) is 94.6 Å². The third kappa shape index (κ3) is 4.83. The van der Waals surface area contributed by atoms with Gasteiger partial charge in [-0.05, 0) is 40.8 Å². The van der Waals surface area contributed by atoms with Gasteiger partial charge in [-0.1, -0.05) is 57.9 Å². The number of imidazole rings is 1. The molecule has 0 aliphatic heterocycles. The van der Waals surface area contributed by atoms with Crippen molar-refractivity contribution < 1.29 is 13.3 Å². The lowest BCUT2D eigenvalue weighted by atomic mass is 10.2. The van der Waals surface area contributed by atoms with Gasteiger partial charge < -0.3 is 10.1 Å². The van der Waals surface area contributed by atoms with Crippen molar-refractivity contribution in [1.29, 1.82) is 0 Å². The maximum Gasteiger partial charge on any atom is 0.352 e. The van der Waals surface area contributed by atoms with E-state index in [0.29, 0.717) is 16.3 Å². The second-order valence-corrected chi connectivity index (χ2v) is 11.2. The largest absolute Gasteiger partial charge is 0.358 e. The van der Waals surface area contributed by atoms with Crippen molar-refractivity contribution in [2.45, 2.75) is 21.3 Å². The van der Waals surface area contributed by atoms with Crippen molar-refractivity contribution in [2.24, 2.45) is 0 Å². The van der Waals surface area contributed by atoms with Crippen LogP contribution < -0.4 is 0 Å². The molecule has 0 unspecified atom stereocenters. The molecule has 2 heterocycles. The number of pyridine rings is 1. The van der Waals surface area contributed by atoms with E-state index in [4.69, 9.17) is 11.6 Å². The van der Waals surface area contributed by atoms with Crippen molar-refractivity contribution >= 4 is 60.6 Å². The molecule has 2 aromatic carbocycles. The molecule has 0 N–H and O–H groups in total. The minimum absolute atomic E-state index is 0.0780. The van der Waals surface area contributed by atoms with Crippen LogP contribution in [0.15, 0.2) is 81.1 Å². The maximum absolute atomic E-state index is 12.8. The zero-order valence-electron chi connectivity index (χ0n) is 16.3. The summed E-state index contributed by atoms with van der Waals surface area (Å²) >= 11 is 11.0. The molecule has 0 atom stereocenters. The Kier molecular flexibility index (Phi) is 6.57. The Morgan fingerprint density at radius 2 is 1.81 bits per heavy atom. The van der Waals surface area contributed by atoms with Gasteiger partial charge in [0.25, 0.3) is 0 Å².